The van der Waals surface area contributed by atoms with Crippen LogP contribution in [0.3, 0.4) is 0 Å². The number of fused-ring (bicyclic) bond motifs is 3. The maximum absolute atomic E-state index is 12.3. The van der Waals surface area contributed by atoms with E-state index in [0.717, 1.165) is 22.3 Å². The fraction of sp³-hybridized carbons (Fsp3) is 0.227. The summed E-state index contributed by atoms with van der Waals surface area (Å²) in [5.74, 6) is -1.37. The number of carboxylic acid groups (broad SMARTS) is 1. The van der Waals surface area contributed by atoms with E-state index in [2.05, 4.69) is 10.4 Å². The second-order valence-electron chi connectivity index (χ2n) is 7.23. The van der Waals surface area contributed by atoms with E-state index in [1.165, 1.54) is 17.9 Å². The van der Waals surface area contributed by atoms with Gasteiger partial charge in [0, 0.05) is 31.1 Å². The fourth-order valence-corrected chi connectivity index (χ4v) is 3.86. The minimum atomic E-state index is -1.27. The molecule has 8 heteroatoms. The standard InChI is InChI=1S/C22H21N3O5/c1-25-20(26)13(11-23-25)10-19(21(27)28)24-22(29)30-12-18-16-8-4-2-6-14(16)15-7-3-5-9-17(15)18/h2-9,11,18-19,23H,10,12H2,1H3,(H,24,29)(H,27,28)/t19-/m1/s1. The topological polar surface area (TPSA) is 113 Å². The molecule has 30 heavy (non-hydrogen) atoms. The normalized spacial score (nSPS) is 13.4. The van der Waals surface area contributed by atoms with Crippen LogP contribution >= 0.6 is 0 Å². The minimum Gasteiger partial charge on any atom is -0.480 e. The van der Waals surface area contributed by atoms with Crippen molar-refractivity contribution in [2.24, 2.45) is 7.05 Å². The first-order valence-electron chi connectivity index (χ1n) is 9.53. The van der Waals surface area contributed by atoms with Crippen molar-refractivity contribution in [1.82, 2.24) is 15.1 Å². The second-order valence-corrected chi connectivity index (χ2v) is 7.23. The summed E-state index contributed by atoms with van der Waals surface area (Å²) in [6, 6.07) is 14.6. The third kappa shape index (κ3) is 3.59. The Kier molecular flexibility index (Phi) is 5.14. The van der Waals surface area contributed by atoms with Gasteiger partial charge >= 0.3 is 12.1 Å². The summed E-state index contributed by atoms with van der Waals surface area (Å²) in [6.07, 6.45) is 0.449. The number of aromatic nitrogens is 2. The van der Waals surface area contributed by atoms with Crippen LogP contribution in [-0.2, 0) is 23.0 Å². The molecule has 1 aromatic heterocycles. The number of amides is 1. The fourth-order valence-electron chi connectivity index (χ4n) is 3.86. The maximum atomic E-state index is 12.3. The van der Waals surface area contributed by atoms with Crippen molar-refractivity contribution in [3.63, 3.8) is 0 Å². The molecule has 1 amide bonds. The first-order valence-corrected chi connectivity index (χ1v) is 9.53. The highest BCUT2D eigenvalue weighted by Gasteiger charge is 2.30. The van der Waals surface area contributed by atoms with Crippen molar-refractivity contribution in [3.05, 3.63) is 81.8 Å². The van der Waals surface area contributed by atoms with Gasteiger partial charge in [0.25, 0.3) is 5.56 Å². The molecule has 4 rings (SSSR count). The molecule has 0 bridgehead atoms. The minimum absolute atomic E-state index is 0.0815. The Morgan fingerprint density at radius 1 is 1.13 bits per heavy atom. The number of H-pyrrole nitrogens is 1. The van der Waals surface area contributed by atoms with Gasteiger partial charge in [-0.15, -0.1) is 0 Å². The van der Waals surface area contributed by atoms with Crippen molar-refractivity contribution in [2.45, 2.75) is 18.4 Å². The highest BCUT2D eigenvalue weighted by Crippen LogP contribution is 2.44. The summed E-state index contributed by atoms with van der Waals surface area (Å²) in [7, 11) is 1.53. The summed E-state index contributed by atoms with van der Waals surface area (Å²) in [6.45, 7) is 0.0815. The number of nitrogens with one attached hydrogen (secondary N) is 2. The molecule has 0 unspecified atom stereocenters. The molecule has 0 spiro atoms. The van der Waals surface area contributed by atoms with E-state index in [0.29, 0.717) is 0 Å². The lowest BCUT2D eigenvalue weighted by molar-refractivity contribution is -0.139. The molecule has 2 aromatic carbocycles. The van der Waals surface area contributed by atoms with E-state index in [1.54, 1.807) is 0 Å². The number of aromatic amines is 1. The molecule has 0 saturated heterocycles. The van der Waals surface area contributed by atoms with Gasteiger partial charge in [0.1, 0.15) is 12.6 Å². The van der Waals surface area contributed by atoms with Crippen LogP contribution in [0.5, 0.6) is 0 Å². The Morgan fingerprint density at radius 2 is 1.73 bits per heavy atom. The molecular weight excluding hydrogens is 386 g/mol. The Bertz CT molecular complexity index is 1120. The van der Waals surface area contributed by atoms with E-state index < -0.39 is 18.1 Å². The van der Waals surface area contributed by atoms with Crippen LogP contribution in [0, 0.1) is 0 Å². The van der Waals surface area contributed by atoms with E-state index >= 15 is 0 Å². The zero-order valence-corrected chi connectivity index (χ0v) is 16.3. The zero-order valence-electron chi connectivity index (χ0n) is 16.3. The zero-order chi connectivity index (χ0) is 21.3. The highest BCUT2D eigenvalue weighted by molar-refractivity contribution is 5.81. The number of carbonyl (C=O) groups excluding carboxylic acids is 1. The van der Waals surface area contributed by atoms with Crippen LogP contribution in [0.2, 0.25) is 0 Å². The van der Waals surface area contributed by atoms with Crippen LogP contribution in [-0.4, -0.2) is 39.6 Å². The molecule has 0 radical (unpaired) electrons. The molecule has 1 aliphatic rings. The number of hydrogen-bond acceptors (Lipinski definition) is 4. The molecule has 3 aromatic rings. The Balaban J connectivity index is 1.45. The number of alkyl carbamates (subject to hydrolysis) is 1. The lowest BCUT2D eigenvalue weighted by atomic mass is 9.98. The summed E-state index contributed by atoms with van der Waals surface area (Å²) in [5, 5.41) is 14.5. The summed E-state index contributed by atoms with van der Waals surface area (Å²) < 4.78 is 6.63. The Hall–Kier alpha value is -3.81. The average molecular weight is 407 g/mol. The number of benzene rings is 2. The number of hydrogen-bond donors (Lipinski definition) is 3. The van der Waals surface area contributed by atoms with E-state index in [9.17, 15) is 19.5 Å². The lowest BCUT2D eigenvalue weighted by Crippen LogP contribution is -2.43. The lowest BCUT2D eigenvalue weighted by Gasteiger charge is -2.17. The first kappa shape index (κ1) is 19.5. The summed E-state index contributed by atoms with van der Waals surface area (Å²) >= 11 is 0. The van der Waals surface area contributed by atoms with Gasteiger partial charge in [0.15, 0.2) is 0 Å². The second kappa shape index (κ2) is 7.90. The van der Waals surface area contributed by atoms with Gasteiger partial charge < -0.3 is 20.3 Å². The predicted octanol–water partition coefficient (Wildman–Crippen LogP) is 2.25. The molecule has 1 aliphatic carbocycles. The molecule has 0 fully saturated rings. The van der Waals surface area contributed by atoms with Gasteiger partial charge in [-0.3, -0.25) is 9.48 Å². The van der Waals surface area contributed by atoms with Crippen molar-refractivity contribution in [3.8, 4) is 11.1 Å². The molecule has 0 saturated carbocycles. The Labute approximate surface area is 172 Å². The molecular formula is C22H21N3O5. The van der Waals surface area contributed by atoms with E-state index in [4.69, 9.17) is 4.74 Å². The number of nitrogens with zero attached hydrogens (tertiary/aromatic N) is 1. The van der Waals surface area contributed by atoms with Crippen molar-refractivity contribution >= 4 is 12.1 Å². The molecule has 0 aliphatic heterocycles. The van der Waals surface area contributed by atoms with Crippen molar-refractivity contribution < 1.29 is 19.4 Å². The van der Waals surface area contributed by atoms with Gasteiger partial charge in [-0.1, -0.05) is 48.5 Å². The summed E-state index contributed by atoms with van der Waals surface area (Å²) in [5.41, 5.74) is 4.27. The SMILES string of the molecule is Cn1[nH]cc(C[C@@H](NC(=O)OCC2c3ccccc3-c3ccccc32)C(=O)O)c1=O. The number of carbonyl (C=O) groups is 2. The number of carboxylic acids is 1. The molecule has 1 atom stereocenters. The van der Waals surface area contributed by atoms with Crippen molar-refractivity contribution in [1.29, 1.82) is 0 Å². The monoisotopic (exact) mass is 407 g/mol. The van der Waals surface area contributed by atoms with Crippen LogP contribution < -0.4 is 10.9 Å². The third-order valence-corrected chi connectivity index (χ3v) is 5.37. The van der Waals surface area contributed by atoms with Gasteiger partial charge in [-0.25, -0.2) is 9.59 Å². The van der Waals surface area contributed by atoms with Gasteiger partial charge in [-0.05, 0) is 22.3 Å². The highest BCUT2D eigenvalue weighted by atomic mass is 16.5. The van der Waals surface area contributed by atoms with Crippen LogP contribution in [0.1, 0.15) is 22.6 Å². The van der Waals surface area contributed by atoms with Crippen molar-refractivity contribution in [2.75, 3.05) is 6.61 Å². The molecule has 1 heterocycles. The van der Waals surface area contributed by atoms with Gasteiger partial charge in [0.05, 0.1) is 0 Å². The summed E-state index contributed by atoms with van der Waals surface area (Å²) in [4.78, 5) is 35.8. The third-order valence-electron chi connectivity index (χ3n) is 5.37. The smallest absolute Gasteiger partial charge is 0.407 e. The van der Waals surface area contributed by atoms with Gasteiger partial charge in [0.2, 0.25) is 0 Å². The van der Waals surface area contributed by atoms with Crippen LogP contribution in [0.4, 0.5) is 4.79 Å². The number of aliphatic carboxylic acids is 1. The number of ether oxygens (including phenoxy) is 1. The quantitative estimate of drug-likeness (QED) is 0.580. The molecule has 154 valence electrons. The largest absolute Gasteiger partial charge is 0.480 e. The Morgan fingerprint density at radius 3 is 2.27 bits per heavy atom. The number of rotatable bonds is 6. The molecule has 8 nitrogen and oxygen atoms in total. The van der Waals surface area contributed by atoms with Gasteiger partial charge in [-0.2, -0.15) is 0 Å². The van der Waals surface area contributed by atoms with E-state index in [1.807, 2.05) is 48.5 Å². The van der Waals surface area contributed by atoms with Crippen LogP contribution in [0.25, 0.3) is 11.1 Å². The number of aryl methyl sites for hydroxylation is 1. The van der Waals surface area contributed by atoms with Crippen LogP contribution in [0.15, 0.2) is 59.5 Å². The predicted molar refractivity (Wildman–Crippen MR) is 109 cm³/mol. The average Bonchev–Trinajstić information content (AvgIpc) is 3.23. The first-order chi connectivity index (χ1) is 14.5. The van der Waals surface area contributed by atoms with E-state index in [-0.39, 0.29) is 30.1 Å². The molecule has 3 N–H and O–H groups in total. The maximum Gasteiger partial charge on any atom is 0.407 e.